The zero-order valence-corrected chi connectivity index (χ0v) is 12.8. The number of nitrogens with one attached hydrogen (secondary N) is 1. The van der Waals surface area contributed by atoms with E-state index in [1.54, 1.807) is 23.5 Å². The van der Waals surface area contributed by atoms with Gasteiger partial charge in [-0.25, -0.2) is 8.42 Å². The van der Waals surface area contributed by atoms with E-state index in [0.717, 1.165) is 16.7 Å². The highest BCUT2D eigenvalue weighted by Gasteiger charge is 2.11. The Morgan fingerprint density at radius 3 is 2.65 bits per heavy atom. The number of rotatable bonds is 4. The molecule has 2 aromatic rings. The molecule has 6 heteroatoms. The topological polar surface area (TPSA) is 63.2 Å². The Morgan fingerprint density at radius 1 is 1.30 bits per heavy atom. The van der Waals surface area contributed by atoms with Gasteiger partial charge in [0.25, 0.3) is 5.91 Å². The van der Waals surface area contributed by atoms with Crippen LogP contribution in [0, 0.1) is 6.92 Å². The standard InChI is InChI=1S/C14H15NO3S2/c1-10-6-7-19-13(10)9-15-14(16)11-4-3-5-12(8-11)20(2,17)18/h3-8H,9H2,1-2H3,(H,15,16). The van der Waals surface area contributed by atoms with E-state index in [1.807, 2.05) is 18.4 Å². The van der Waals surface area contributed by atoms with Crippen LogP contribution in [0.4, 0.5) is 0 Å². The van der Waals surface area contributed by atoms with E-state index >= 15 is 0 Å². The molecule has 0 radical (unpaired) electrons. The number of aryl methyl sites for hydroxylation is 1. The van der Waals surface area contributed by atoms with Crippen LogP contribution in [0.2, 0.25) is 0 Å². The number of sulfone groups is 1. The van der Waals surface area contributed by atoms with Gasteiger partial charge in [0.05, 0.1) is 11.4 Å². The monoisotopic (exact) mass is 309 g/mol. The molecule has 0 atom stereocenters. The molecular formula is C14H15NO3S2. The first-order valence-corrected chi connectivity index (χ1v) is 8.76. The van der Waals surface area contributed by atoms with E-state index in [9.17, 15) is 13.2 Å². The first-order chi connectivity index (χ1) is 9.38. The fraction of sp³-hybridized carbons (Fsp3) is 0.214. The Labute approximate surface area is 122 Å². The predicted octanol–water partition coefficient (Wildman–Crippen LogP) is 2.39. The van der Waals surface area contributed by atoms with Gasteiger partial charge in [0, 0.05) is 16.7 Å². The van der Waals surface area contributed by atoms with Crippen molar-refractivity contribution in [3.05, 3.63) is 51.7 Å². The molecule has 0 bridgehead atoms. The minimum absolute atomic E-state index is 0.150. The molecule has 0 spiro atoms. The van der Waals surface area contributed by atoms with E-state index in [4.69, 9.17) is 0 Å². The first kappa shape index (κ1) is 14.7. The molecule has 1 aromatic heterocycles. The zero-order chi connectivity index (χ0) is 14.8. The molecule has 1 heterocycles. The lowest BCUT2D eigenvalue weighted by Crippen LogP contribution is -2.22. The van der Waals surface area contributed by atoms with E-state index in [1.165, 1.54) is 12.1 Å². The van der Waals surface area contributed by atoms with E-state index < -0.39 is 9.84 Å². The van der Waals surface area contributed by atoms with Crippen LogP contribution >= 0.6 is 11.3 Å². The third-order valence-corrected chi connectivity index (χ3v) is 5.04. The second-order valence-corrected chi connectivity index (χ2v) is 7.53. The summed E-state index contributed by atoms with van der Waals surface area (Å²) in [6.07, 6.45) is 1.12. The Morgan fingerprint density at radius 2 is 2.05 bits per heavy atom. The second kappa shape index (κ2) is 5.76. The Hall–Kier alpha value is -1.66. The molecule has 0 aliphatic carbocycles. The van der Waals surface area contributed by atoms with Gasteiger partial charge in [-0.05, 0) is 42.1 Å². The van der Waals surface area contributed by atoms with Crippen molar-refractivity contribution in [2.24, 2.45) is 0 Å². The van der Waals surface area contributed by atoms with Crippen LogP contribution in [0.1, 0.15) is 20.8 Å². The van der Waals surface area contributed by atoms with Gasteiger partial charge in [-0.15, -0.1) is 11.3 Å². The number of hydrogen-bond acceptors (Lipinski definition) is 4. The quantitative estimate of drug-likeness (QED) is 0.943. The number of carbonyl (C=O) groups excluding carboxylic acids is 1. The predicted molar refractivity (Wildman–Crippen MR) is 79.8 cm³/mol. The van der Waals surface area contributed by atoms with Crippen LogP contribution in [0.15, 0.2) is 40.6 Å². The summed E-state index contributed by atoms with van der Waals surface area (Å²) < 4.78 is 22.9. The molecule has 106 valence electrons. The summed E-state index contributed by atoms with van der Waals surface area (Å²) in [4.78, 5) is 13.3. The van der Waals surface area contributed by atoms with E-state index in [2.05, 4.69) is 5.32 Å². The van der Waals surface area contributed by atoms with Crippen molar-refractivity contribution < 1.29 is 13.2 Å². The van der Waals surface area contributed by atoms with Gasteiger partial charge in [0.1, 0.15) is 0 Å². The highest BCUT2D eigenvalue weighted by molar-refractivity contribution is 7.90. The molecule has 20 heavy (non-hydrogen) atoms. The largest absolute Gasteiger partial charge is 0.347 e. The molecule has 0 aliphatic rings. The number of thiophene rings is 1. The van der Waals surface area contributed by atoms with Crippen molar-refractivity contribution in [1.29, 1.82) is 0 Å². The van der Waals surface area contributed by atoms with Crippen LogP contribution in [0.5, 0.6) is 0 Å². The van der Waals surface area contributed by atoms with Gasteiger partial charge in [0.2, 0.25) is 0 Å². The lowest BCUT2D eigenvalue weighted by Gasteiger charge is -2.06. The highest BCUT2D eigenvalue weighted by Crippen LogP contribution is 2.16. The Bertz CT molecular complexity index is 732. The average Bonchev–Trinajstić information content (AvgIpc) is 2.81. The molecule has 4 nitrogen and oxygen atoms in total. The fourth-order valence-corrected chi connectivity index (χ4v) is 3.23. The summed E-state index contributed by atoms with van der Waals surface area (Å²) >= 11 is 1.58. The Kier molecular flexibility index (Phi) is 4.25. The zero-order valence-electron chi connectivity index (χ0n) is 11.2. The summed E-state index contributed by atoms with van der Waals surface area (Å²) in [5, 5.41) is 4.77. The lowest BCUT2D eigenvalue weighted by molar-refractivity contribution is 0.0951. The highest BCUT2D eigenvalue weighted by atomic mass is 32.2. The van der Waals surface area contributed by atoms with Gasteiger partial charge < -0.3 is 5.32 Å². The molecule has 0 aliphatic heterocycles. The van der Waals surface area contributed by atoms with E-state index in [-0.39, 0.29) is 10.8 Å². The molecule has 1 aromatic carbocycles. The fourth-order valence-electron chi connectivity index (χ4n) is 1.72. The maximum absolute atomic E-state index is 12.0. The van der Waals surface area contributed by atoms with Crippen LogP contribution in [-0.4, -0.2) is 20.6 Å². The minimum Gasteiger partial charge on any atom is -0.347 e. The summed E-state index contributed by atoms with van der Waals surface area (Å²) in [6, 6.07) is 8.05. The van der Waals surface area contributed by atoms with Crippen molar-refractivity contribution in [3.63, 3.8) is 0 Å². The van der Waals surface area contributed by atoms with Crippen molar-refractivity contribution in [2.75, 3.05) is 6.26 Å². The van der Waals surface area contributed by atoms with Crippen molar-refractivity contribution in [2.45, 2.75) is 18.4 Å². The first-order valence-electron chi connectivity index (χ1n) is 5.99. The second-order valence-electron chi connectivity index (χ2n) is 4.51. The van der Waals surface area contributed by atoms with Crippen LogP contribution < -0.4 is 5.32 Å². The molecule has 0 fully saturated rings. The summed E-state index contributed by atoms with van der Waals surface area (Å²) in [7, 11) is -3.30. The van der Waals surface area contributed by atoms with Gasteiger partial charge in [0.15, 0.2) is 9.84 Å². The van der Waals surface area contributed by atoms with Crippen molar-refractivity contribution in [1.82, 2.24) is 5.32 Å². The number of amides is 1. The minimum atomic E-state index is -3.30. The average molecular weight is 309 g/mol. The molecule has 1 amide bonds. The smallest absolute Gasteiger partial charge is 0.251 e. The Balaban J connectivity index is 2.12. The summed E-state index contributed by atoms with van der Waals surface area (Å²) in [5.41, 5.74) is 1.49. The van der Waals surface area contributed by atoms with Crippen molar-refractivity contribution >= 4 is 27.1 Å². The van der Waals surface area contributed by atoms with Gasteiger partial charge >= 0.3 is 0 Å². The van der Waals surface area contributed by atoms with Crippen LogP contribution in [-0.2, 0) is 16.4 Å². The summed E-state index contributed by atoms with van der Waals surface area (Å²) in [6.45, 7) is 2.44. The van der Waals surface area contributed by atoms with Crippen LogP contribution in [0.25, 0.3) is 0 Å². The molecule has 2 rings (SSSR count). The lowest BCUT2D eigenvalue weighted by atomic mass is 10.2. The number of hydrogen-bond donors (Lipinski definition) is 1. The number of carbonyl (C=O) groups is 1. The van der Waals surface area contributed by atoms with Crippen LogP contribution in [0.3, 0.4) is 0 Å². The van der Waals surface area contributed by atoms with Gasteiger partial charge in [-0.3, -0.25) is 4.79 Å². The number of benzene rings is 1. The third kappa shape index (κ3) is 3.46. The summed E-state index contributed by atoms with van der Waals surface area (Å²) in [5.74, 6) is -0.275. The van der Waals surface area contributed by atoms with Gasteiger partial charge in [-0.1, -0.05) is 6.07 Å². The normalized spacial score (nSPS) is 11.3. The molecule has 1 N–H and O–H groups in total. The molecular weight excluding hydrogens is 294 g/mol. The molecule has 0 saturated carbocycles. The maximum atomic E-state index is 12.0. The molecule has 0 unspecified atom stereocenters. The SMILES string of the molecule is Cc1ccsc1CNC(=O)c1cccc(S(C)(=O)=O)c1. The maximum Gasteiger partial charge on any atom is 0.251 e. The van der Waals surface area contributed by atoms with E-state index in [0.29, 0.717) is 12.1 Å². The molecule has 0 saturated heterocycles. The van der Waals surface area contributed by atoms with Gasteiger partial charge in [-0.2, -0.15) is 0 Å². The van der Waals surface area contributed by atoms with Crippen molar-refractivity contribution in [3.8, 4) is 0 Å². The third-order valence-electron chi connectivity index (χ3n) is 2.90.